The number of carbonyl (C=O) groups is 1. The third kappa shape index (κ3) is 2.98. The number of likely N-dealkylation sites (tertiary alicyclic amines) is 1. The van der Waals surface area contributed by atoms with Crippen LogP contribution in [0.4, 0.5) is 0 Å². The van der Waals surface area contributed by atoms with Gasteiger partial charge in [0.15, 0.2) is 5.82 Å². The highest BCUT2D eigenvalue weighted by molar-refractivity contribution is 9.10. The van der Waals surface area contributed by atoms with Crippen LogP contribution >= 0.6 is 15.9 Å². The SMILES string of the molecule is Cc1ccc(C)n1-c1cc(Br)n(-c2ccc(C(=O)N3CCCC3)cc2)n1. The zero-order chi connectivity index (χ0) is 18.3. The van der Waals surface area contributed by atoms with Gasteiger partial charge < -0.3 is 9.47 Å². The molecule has 0 saturated carbocycles. The lowest BCUT2D eigenvalue weighted by Gasteiger charge is -2.15. The second-order valence-electron chi connectivity index (χ2n) is 6.73. The third-order valence-electron chi connectivity index (χ3n) is 4.91. The lowest BCUT2D eigenvalue weighted by Crippen LogP contribution is -2.27. The van der Waals surface area contributed by atoms with Crippen molar-refractivity contribution in [1.29, 1.82) is 0 Å². The summed E-state index contributed by atoms with van der Waals surface area (Å²) in [5.41, 5.74) is 3.94. The fourth-order valence-electron chi connectivity index (χ4n) is 3.51. The van der Waals surface area contributed by atoms with Crippen molar-refractivity contribution in [3.8, 4) is 11.5 Å². The predicted molar refractivity (Wildman–Crippen MR) is 105 cm³/mol. The maximum absolute atomic E-state index is 12.5. The van der Waals surface area contributed by atoms with Gasteiger partial charge in [-0.05, 0) is 79.0 Å². The van der Waals surface area contributed by atoms with Gasteiger partial charge in [-0.15, -0.1) is 5.10 Å². The fourth-order valence-corrected chi connectivity index (χ4v) is 4.00. The molecule has 1 aromatic carbocycles. The van der Waals surface area contributed by atoms with E-state index in [2.05, 4.69) is 46.5 Å². The molecule has 0 bridgehead atoms. The second kappa shape index (κ2) is 6.76. The van der Waals surface area contributed by atoms with Gasteiger partial charge in [-0.2, -0.15) is 0 Å². The first-order valence-electron chi connectivity index (χ1n) is 8.85. The zero-order valence-corrected chi connectivity index (χ0v) is 16.5. The van der Waals surface area contributed by atoms with Crippen molar-refractivity contribution >= 4 is 21.8 Å². The molecule has 1 aliphatic rings. The Morgan fingerprint density at radius 2 is 1.62 bits per heavy atom. The molecule has 0 spiro atoms. The number of benzene rings is 1. The number of aryl methyl sites for hydroxylation is 2. The molecule has 4 rings (SSSR count). The molecule has 1 saturated heterocycles. The molecule has 26 heavy (non-hydrogen) atoms. The Balaban J connectivity index is 1.63. The van der Waals surface area contributed by atoms with E-state index >= 15 is 0 Å². The van der Waals surface area contributed by atoms with Crippen LogP contribution in [0, 0.1) is 13.8 Å². The van der Waals surface area contributed by atoms with E-state index in [-0.39, 0.29) is 5.91 Å². The van der Waals surface area contributed by atoms with Crippen LogP contribution in [0.1, 0.15) is 34.6 Å². The van der Waals surface area contributed by atoms with Crippen molar-refractivity contribution in [3.05, 3.63) is 64.0 Å². The van der Waals surface area contributed by atoms with Gasteiger partial charge in [-0.1, -0.05) is 0 Å². The number of carbonyl (C=O) groups excluding carboxylic acids is 1. The molecule has 1 amide bonds. The van der Waals surface area contributed by atoms with Gasteiger partial charge in [0.25, 0.3) is 5.91 Å². The highest BCUT2D eigenvalue weighted by Gasteiger charge is 2.19. The predicted octanol–water partition coefficient (Wildman–Crippen LogP) is 4.28. The van der Waals surface area contributed by atoms with Crippen LogP contribution < -0.4 is 0 Å². The van der Waals surface area contributed by atoms with E-state index in [1.807, 2.05) is 39.9 Å². The van der Waals surface area contributed by atoms with Gasteiger partial charge in [0, 0.05) is 36.1 Å². The largest absolute Gasteiger partial charge is 0.339 e. The molecular formula is C20H21BrN4O. The Hall–Kier alpha value is -2.34. The molecule has 3 heterocycles. The van der Waals surface area contributed by atoms with Gasteiger partial charge in [0.1, 0.15) is 4.60 Å². The molecule has 134 valence electrons. The van der Waals surface area contributed by atoms with Crippen molar-refractivity contribution in [1.82, 2.24) is 19.2 Å². The first kappa shape index (κ1) is 17.1. The smallest absolute Gasteiger partial charge is 0.253 e. The molecule has 1 fully saturated rings. The maximum atomic E-state index is 12.5. The Labute approximate surface area is 161 Å². The van der Waals surface area contributed by atoms with Crippen molar-refractivity contribution in [3.63, 3.8) is 0 Å². The van der Waals surface area contributed by atoms with Crippen molar-refractivity contribution in [2.24, 2.45) is 0 Å². The Morgan fingerprint density at radius 1 is 1.00 bits per heavy atom. The summed E-state index contributed by atoms with van der Waals surface area (Å²) in [5.74, 6) is 0.988. The third-order valence-corrected chi connectivity index (χ3v) is 5.47. The summed E-state index contributed by atoms with van der Waals surface area (Å²) in [6.45, 7) is 5.87. The first-order chi connectivity index (χ1) is 12.5. The van der Waals surface area contributed by atoms with Gasteiger partial charge in [0.05, 0.1) is 5.69 Å². The summed E-state index contributed by atoms with van der Waals surface area (Å²) in [5, 5.41) is 4.73. The van der Waals surface area contributed by atoms with E-state index in [1.54, 1.807) is 0 Å². The molecule has 0 unspecified atom stereocenters. The number of aromatic nitrogens is 3. The van der Waals surface area contributed by atoms with E-state index in [9.17, 15) is 4.79 Å². The second-order valence-corrected chi connectivity index (χ2v) is 7.55. The van der Waals surface area contributed by atoms with Gasteiger partial charge in [0.2, 0.25) is 0 Å². The fraction of sp³-hybridized carbons (Fsp3) is 0.300. The van der Waals surface area contributed by atoms with Crippen LogP contribution in [0.5, 0.6) is 0 Å². The van der Waals surface area contributed by atoms with Gasteiger partial charge >= 0.3 is 0 Å². The Bertz CT molecular complexity index is 929. The molecular weight excluding hydrogens is 392 g/mol. The normalized spacial score (nSPS) is 14.2. The lowest BCUT2D eigenvalue weighted by atomic mass is 10.2. The topological polar surface area (TPSA) is 43.1 Å². The van der Waals surface area contributed by atoms with E-state index in [0.717, 1.165) is 59.0 Å². The summed E-state index contributed by atoms with van der Waals surface area (Å²) < 4.78 is 4.84. The summed E-state index contributed by atoms with van der Waals surface area (Å²) in [4.78, 5) is 14.4. The molecule has 0 aliphatic carbocycles. The molecule has 6 heteroatoms. The van der Waals surface area contributed by atoms with Crippen molar-refractivity contribution in [2.75, 3.05) is 13.1 Å². The number of rotatable bonds is 3. The standard InChI is InChI=1S/C20H21BrN4O/c1-14-5-6-15(2)24(14)19-13-18(21)25(22-19)17-9-7-16(8-10-17)20(26)23-11-3-4-12-23/h5-10,13H,3-4,11-12H2,1-2H3. The number of amides is 1. The molecule has 1 aliphatic heterocycles. The summed E-state index contributed by atoms with van der Waals surface area (Å²) in [6, 6.07) is 13.8. The quantitative estimate of drug-likeness (QED) is 0.644. The molecule has 2 aromatic heterocycles. The zero-order valence-electron chi connectivity index (χ0n) is 14.9. The van der Waals surface area contributed by atoms with Crippen LogP contribution in [0.3, 0.4) is 0 Å². The minimum Gasteiger partial charge on any atom is -0.339 e. The van der Waals surface area contributed by atoms with Crippen molar-refractivity contribution in [2.45, 2.75) is 26.7 Å². The minimum absolute atomic E-state index is 0.118. The highest BCUT2D eigenvalue weighted by atomic mass is 79.9. The molecule has 0 N–H and O–H groups in total. The van der Waals surface area contributed by atoms with Crippen LogP contribution in [0.15, 0.2) is 47.1 Å². The van der Waals surface area contributed by atoms with Crippen LogP contribution in [-0.2, 0) is 0 Å². The van der Waals surface area contributed by atoms with Crippen LogP contribution in [0.2, 0.25) is 0 Å². The number of halogens is 1. The highest BCUT2D eigenvalue weighted by Crippen LogP contribution is 2.23. The number of hydrogen-bond donors (Lipinski definition) is 0. The maximum Gasteiger partial charge on any atom is 0.253 e. The summed E-state index contributed by atoms with van der Waals surface area (Å²) >= 11 is 3.60. The van der Waals surface area contributed by atoms with Gasteiger partial charge in [-0.3, -0.25) is 4.79 Å². The van der Waals surface area contributed by atoms with E-state index < -0.39 is 0 Å². The number of nitrogens with zero attached hydrogens (tertiary/aromatic N) is 4. The lowest BCUT2D eigenvalue weighted by molar-refractivity contribution is 0.0793. The first-order valence-corrected chi connectivity index (χ1v) is 9.64. The van der Waals surface area contributed by atoms with Crippen molar-refractivity contribution < 1.29 is 4.79 Å². The Morgan fingerprint density at radius 3 is 2.23 bits per heavy atom. The van der Waals surface area contributed by atoms with Crippen LogP contribution in [0.25, 0.3) is 11.5 Å². The monoisotopic (exact) mass is 412 g/mol. The van der Waals surface area contributed by atoms with Crippen LogP contribution in [-0.4, -0.2) is 38.2 Å². The molecule has 0 atom stereocenters. The minimum atomic E-state index is 0.118. The Kier molecular flexibility index (Phi) is 4.44. The average Bonchev–Trinajstić information content (AvgIpc) is 3.36. The molecule has 3 aromatic rings. The van der Waals surface area contributed by atoms with E-state index in [0.29, 0.717) is 0 Å². The summed E-state index contributed by atoms with van der Waals surface area (Å²) in [6.07, 6.45) is 2.20. The number of hydrogen-bond acceptors (Lipinski definition) is 2. The van der Waals surface area contributed by atoms with E-state index in [1.165, 1.54) is 0 Å². The average molecular weight is 413 g/mol. The van der Waals surface area contributed by atoms with E-state index in [4.69, 9.17) is 5.10 Å². The summed E-state index contributed by atoms with van der Waals surface area (Å²) in [7, 11) is 0. The van der Waals surface area contributed by atoms with Gasteiger partial charge in [-0.25, -0.2) is 4.68 Å². The molecule has 5 nitrogen and oxygen atoms in total. The molecule has 0 radical (unpaired) electrons.